The van der Waals surface area contributed by atoms with E-state index in [-0.39, 0.29) is 5.24 Å². The molecule has 0 unspecified atom stereocenters. The van der Waals surface area contributed by atoms with Crippen LogP contribution < -0.4 is 14.8 Å². The fourth-order valence-electron chi connectivity index (χ4n) is 2.15. The Labute approximate surface area is 151 Å². The molecule has 0 saturated carbocycles. The summed E-state index contributed by atoms with van der Waals surface area (Å²) in [4.78, 5) is 25.0. The van der Waals surface area contributed by atoms with E-state index >= 15 is 0 Å². The van der Waals surface area contributed by atoms with Crippen molar-refractivity contribution < 1.29 is 24.1 Å². The van der Waals surface area contributed by atoms with Gasteiger partial charge in [0.05, 0.1) is 18.6 Å². The fourth-order valence-corrected chi connectivity index (χ4v) is 2.83. The van der Waals surface area contributed by atoms with Crippen LogP contribution in [-0.4, -0.2) is 55.3 Å². The Bertz CT molecular complexity index is 680. The molecule has 0 spiro atoms. The Morgan fingerprint density at radius 2 is 2.12 bits per heavy atom. The molecule has 2 rings (SSSR count). The van der Waals surface area contributed by atoms with Crippen molar-refractivity contribution in [3.8, 4) is 11.5 Å². The summed E-state index contributed by atoms with van der Waals surface area (Å²) in [5.74, 6) is 0.756. The first kappa shape index (κ1) is 19.4. The van der Waals surface area contributed by atoms with E-state index in [4.69, 9.17) is 9.47 Å². The number of thioether (sulfide) groups is 1. The van der Waals surface area contributed by atoms with Gasteiger partial charge in [0.2, 0.25) is 0 Å². The van der Waals surface area contributed by atoms with Crippen molar-refractivity contribution in [2.24, 2.45) is 0 Å². The van der Waals surface area contributed by atoms with Crippen LogP contribution in [0.2, 0.25) is 6.82 Å². The van der Waals surface area contributed by atoms with Gasteiger partial charge in [-0.05, 0) is 62.4 Å². The summed E-state index contributed by atoms with van der Waals surface area (Å²) < 4.78 is 11.1. The van der Waals surface area contributed by atoms with Gasteiger partial charge in [0.25, 0.3) is 11.1 Å². The minimum atomic E-state index is -0.498. The zero-order chi connectivity index (χ0) is 18.4. The highest BCUT2D eigenvalue weighted by atomic mass is 32.2. The number of carbonyl (C=O) groups excluding carboxylic acids is 2. The van der Waals surface area contributed by atoms with Crippen molar-refractivity contribution in [1.82, 2.24) is 10.1 Å². The summed E-state index contributed by atoms with van der Waals surface area (Å²) in [6.07, 6.45) is 2.38. The predicted octanol–water partition coefficient (Wildman–Crippen LogP) is 1.83. The number of rotatable bonds is 8. The number of methoxy groups -OCH3 is 1. The van der Waals surface area contributed by atoms with Crippen molar-refractivity contribution in [2.45, 2.75) is 13.2 Å². The zero-order valence-corrected chi connectivity index (χ0v) is 15.3. The van der Waals surface area contributed by atoms with E-state index in [0.29, 0.717) is 29.6 Å². The third kappa shape index (κ3) is 5.52. The highest BCUT2D eigenvalue weighted by Crippen LogP contribution is 2.31. The van der Waals surface area contributed by atoms with Crippen molar-refractivity contribution in [1.29, 1.82) is 0 Å². The molecule has 0 atom stereocenters. The number of hydrogen-bond donors (Lipinski definition) is 2. The number of carbonyl (C=O) groups is 2. The van der Waals surface area contributed by atoms with Crippen LogP contribution in [0, 0.1) is 0 Å². The summed E-state index contributed by atoms with van der Waals surface area (Å²) in [5, 5.41) is 11.3. The lowest BCUT2D eigenvalue weighted by Gasteiger charge is -2.17. The molecule has 0 aliphatic carbocycles. The maximum absolute atomic E-state index is 11.6. The lowest BCUT2D eigenvalue weighted by Crippen LogP contribution is -2.34. The van der Waals surface area contributed by atoms with Crippen molar-refractivity contribution >= 4 is 36.0 Å². The second-order valence-corrected chi connectivity index (χ2v) is 6.59. The molecule has 25 heavy (non-hydrogen) atoms. The molecule has 1 fully saturated rings. The Hall–Kier alpha value is -1.97. The third-order valence-corrected chi connectivity index (χ3v) is 4.49. The van der Waals surface area contributed by atoms with Crippen LogP contribution in [0.15, 0.2) is 23.1 Å². The molecule has 2 N–H and O–H groups in total. The molecule has 1 aromatic rings. The number of benzene rings is 1. The van der Waals surface area contributed by atoms with Crippen LogP contribution in [0.25, 0.3) is 6.08 Å². The average Bonchev–Trinajstić information content (AvgIpc) is 2.88. The molecule has 2 amide bonds. The fraction of sp³-hybridized carbons (Fsp3) is 0.375. The van der Waals surface area contributed by atoms with Gasteiger partial charge < -0.3 is 19.3 Å². The van der Waals surface area contributed by atoms with Crippen molar-refractivity contribution in [3.63, 3.8) is 0 Å². The molecule has 9 heteroatoms. The molecule has 7 nitrogen and oxygen atoms in total. The van der Waals surface area contributed by atoms with E-state index in [1.165, 1.54) is 0 Å². The van der Waals surface area contributed by atoms with Gasteiger partial charge in [0.15, 0.2) is 11.5 Å². The van der Waals surface area contributed by atoms with Crippen molar-refractivity contribution in [2.75, 3.05) is 27.3 Å². The van der Waals surface area contributed by atoms with Gasteiger partial charge >= 0.3 is 7.05 Å². The molecular weight excluding hydrogens is 343 g/mol. The number of nitrogens with one attached hydrogen (secondary N) is 1. The summed E-state index contributed by atoms with van der Waals surface area (Å²) in [6.45, 7) is 2.87. The van der Waals surface area contributed by atoms with Crippen LogP contribution in [0.5, 0.6) is 11.5 Å². The summed E-state index contributed by atoms with van der Waals surface area (Å²) in [7, 11) is 2.90. The van der Waals surface area contributed by atoms with Crippen LogP contribution in [-0.2, 0) is 4.79 Å². The van der Waals surface area contributed by atoms with Gasteiger partial charge in [-0.1, -0.05) is 6.07 Å². The molecule has 1 aromatic carbocycles. The maximum Gasteiger partial charge on any atom is 0.376 e. The van der Waals surface area contributed by atoms with Gasteiger partial charge in [-0.15, -0.1) is 0 Å². The molecule has 1 saturated heterocycles. The largest absolute Gasteiger partial charge is 0.493 e. The topological polar surface area (TPSA) is 88.1 Å². The number of nitrogens with zero attached hydrogens (tertiary/aromatic N) is 1. The van der Waals surface area contributed by atoms with E-state index in [9.17, 15) is 14.6 Å². The van der Waals surface area contributed by atoms with Gasteiger partial charge in [0, 0.05) is 0 Å². The quantitative estimate of drug-likeness (QED) is 0.413. The second kappa shape index (κ2) is 8.93. The highest BCUT2D eigenvalue weighted by Gasteiger charge is 2.25. The SMILES string of the molecule is COc1ccc(/C=C2\SC(=O)NC2=O)cc1OCCCN(C)B(C)O. The molecular formula is C16H21BN2O5S. The maximum atomic E-state index is 11.6. The summed E-state index contributed by atoms with van der Waals surface area (Å²) in [6, 6.07) is 5.31. The third-order valence-electron chi connectivity index (χ3n) is 3.68. The molecule has 1 aliphatic heterocycles. The first-order valence-electron chi connectivity index (χ1n) is 7.84. The second-order valence-electron chi connectivity index (χ2n) is 5.58. The molecule has 0 radical (unpaired) electrons. The minimum absolute atomic E-state index is 0.347. The molecule has 1 aliphatic rings. The van der Waals surface area contributed by atoms with Crippen LogP contribution in [0.4, 0.5) is 4.79 Å². The summed E-state index contributed by atoms with van der Waals surface area (Å²) >= 11 is 0.872. The van der Waals surface area contributed by atoms with Gasteiger partial charge in [-0.2, -0.15) is 0 Å². The highest BCUT2D eigenvalue weighted by molar-refractivity contribution is 8.18. The zero-order valence-electron chi connectivity index (χ0n) is 14.4. The number of hydrogen-bond acceptors (Lipinski definition) is 7. The van der Waals surface area contributed by atoms with E-state index in [0.717, 1.165) is 23.7 Å². The molecule has 134 valence electrons. The lowest BCUT2D eigenvalue weighted by atomic mass is 9.86. The Kier molecular flexibility index (Phi) is 6.92. The Balaban J connectivity index is 2.03. The van der Waals surface area contributed by atoms with Gasteiger partial charge in [0.1, 0.15) is 0 Å². The van der Waals surface area contributed by atoms with Crippen LogP contribution in [0.1, 0.15) is 12.0 Å². The van der Waals surface area contributed by atoms with Crippen LogP contribution >= 0.6 is 11.8 Å². The number of amides is 2. The monoisotopic (exact) mass is 364 g/mol. The number of imide groups is 1. The van der Waals surface area contributed by atoms with Gasteiger partial charge in [-0.3, -0.25) is 14.9 Å². The van der Waals surface area contributed by atoms with Crippen LogP contribution in [0.3, 0.4) is 0 Å². The van der Waals surface area contributed by atoms with Gasteiger partial charge in [-0.25, -0.2) is 0 Å². The minimum Gasteiger partial charge on any atom is -0.493 e. The Morgan fingerprint density at radius 3 is 2.72 bits per heavy atom. The first-order chi connectivity index (χ1) is 11.9. The smallest absolute Gasteiger partial charge is 0.376 e. The predicted molar refractivity (Wildman–Crippen MR) is 98.7 cm³/mol. The Morgan fingerprint density at radius 1 is 1.36 bits per heavy atom. The van der Waals surface area contributed by atoms with Crippen molar-refractivity contribution in [3.05, 3.63) is 28.7 Å². The normalized spacial score (nSPS) is 15.6. The lowest BCUT2D eigenvalue weighted by molar-refractivity contribution is -0.115. The first-order valence-corrected chi connectivity index (χ1v) is 8.66. The number of ether oxygens (including phenoxy) is 2. The molecule has 0 aromatic heterocycles. The molecule has 0 bridgehead atoms. The standard InChI is InChI=1S/C16H21BN2O5S/c1-17(22)19(2)7-4-8-24-13-9-11(5-6-12(13)23-3)10-14-15(20)18-16(21)25-14/h5-6,9-10,22H,4,7-8H2,1-3H3,(H,18,20,21)/b14-10-. The summed E-state index contributed by atoms with van der Waals surface area (Å²) in [5.41, 5.74) is 0.740. The van der Waals surface area contributed by atoms with E-state index < -0.39 is 13.0 Å². The molecule has 1 heterocycles. The van der Waals surface area contributed by atoms with E-state index in [1.54, 1.807) is 38.2 Å². The average molecular weight is 364 g/mol. The van der Waals surface area contributed by atoms with E-state index in [1.807, 2.05) is 11.9 Å². The van der Waals surface area contributed by atoms with E-state index in [2.05, 4.69) is 5.32 Å².